The molecule has 0 radical (unpaired) electrons. The maximum absolute atomic E-state index is 13.0. The largest absolute Gasteiger partial charge is 0.490 e. The van der Waals surface area contributed by atoms with Gasteiger partial charge in [0.15, 0.2) is 5.78 Å². The second-order valence-corrected chi connectivity index (χ2v) is 5.88. The van der Waals surface area contributed by atoms with Crippen molar-refractivity contribution in [2.24, 2.45) is 5.41 Å². The Morgan fingerprint density at radius 1 is 1.30 bits per heavy atom. The molecular formula is C17H25NO2. The van der Waals surface area contributed by atoms with Crippen LogP contribution in [0.1, 0.15) is 50.4 Å². The molecule has 1 saturated heterocycles. The number of Topliss-reactive ketones (excluding diaryl/α,β-unsaturated/α-hetero) is 1. The number of piperidine rings is 1. The molecule has 0 atom stereocenters. The van der Waals surface area contributed by atoms with Crippen LogP contribution in [-0.4, -0.2) is 25.0 Å². The zero-order valence-corrected chi connectivity index (χ0v) is 12.7. The second kappa shape index (κ2) is 6.40. The van der Waals surface area contributed by atoms with Gasteiger partial charge >= 0.3 is 0 Å². The van der Waals surface area contributed by atoms with E-state index in [2.05, 4.69) is 12.2 Å². The molecule has 1 heterocycles. The quantitative estimate of drug-likeness (QED) is 0.837. The number of carbonyl (C=O) groups is 1. The van der Waals surface area contributed by atoms with E-state index in [9.17, 15) is 4.79 Å². The van der Waals surface area contributed by atoms with Gasteiger partial charge in [0.2, 0.25) is 0 Å². The molecule has 1 aliphatic rings. The van der Waals surface area contributed by atoms with E-state index in [0.29, 0.717) is 0 Å². The monoisotopic (exact) mass is 275 g/mol. The third-order valence-corrected chi connectivity index (χ3v) is 4.21. The normalized spacial score (nSPS) is 18.0. The lowest BCUT2D eigenvalue weighted by atomic mass is 9.71. The third kappa shape index (κ3) is 3.04. The first-order valence-corrected chi connectivity index (χ1v) is 7.60. The molecule has 1 fully saturated rings. The average Bonchev–Trinajstić information content (AvgIpc) is 2.47. The molecule has 1 N–H and O–H groups in total. The van der Waals surface area contributed by atoms with E-state index < -0.39 is 0 Å². The Hall–Kier alpha value is -1.35. The van der Waals surface area contributed by atoms with Crippen molar-refractivity contribution >= 4 is 5.78 Å². The first-order chi connectivity index (χ1) is 9.59. The minimum absolute atomic E-state index is 0.0783. The van der Waals surface area contributed by atoms with Crippen molar-refractivity contribution in [2.75, 3.05) is 13.1 Å². The molecule has 1 aromatic rings. The Morgan fingerprint density at radius 2 is 1.95 bits per heavy atom. The van der Waals surface area contributed by atoms with Crippen LogP contribution in [0.4, 0.5) is 0 Å². The summed E-state index contributed by atoms with van der Waals surface area (Å²) in [7, 11) is 0. The van der Waals surface area contributed by atoms with Crippen LogP contribution in [0.25, 0.3) is 0 Å². The van der Waals surface area contributed by atoms with E-state index in [1.165, 1.54) is 0 Å². The lowest BCUT2D eigenvalue weighted by Crippen LogP contribution is -2.42. The van der Waals surface area contributed by atoms with Crippen molar-refractivity contribution in [1.29, 1.82) is 0 Å². The van der Waals surface area contributed by atoms with Gasteiger partial charge in [-0.05, 0) is 58.3 Å². The molecule has 1 aliphatic heterocycles. The standard InChI is InChI=1S/C17H25NO2/c1-4-17(9-11-18-12-10-17)16(19)14-7-5-6-8-15(14)20-13(2)3/h5-8,13,18H,4,9-12H2,1-3H3. The number of hydrogen-bond acceptors (Lipinski definition) is 3. The molecular weight excluding hydrogens is 250 g/mol. The maximum Gasteiger partial charge on any atom is 0.172 e. The van der Waals surface area contributed by atoms with Crippen molar-refractivity contribution in [3.05, 3.63) is 29.8 Å². The molecule has 0 aliphatic carbocycles. The summed E-state index contributed by atoms with van der Waals surface area (Å²) in [6, 6.07) is 7.65. The van der Waals surface area contributed by atoms with Crippen molar-refractivity contribution in [1.82, 2.24) is 5.32 Å². The molecule has 3 heteroatoms. The number of para-hydroxylation sites is 1. The fourth-order valence-electron chi connectivity index (χ4n) is 2.94. The van der Waals surface area contributed by atoms with Crippen molar-refractivity contribution < 1.29 is 9.53 Å². The predicted molar refractivity (Wildman–Crippen MR) is 81.4 cm³/mol. The Morgan fingerprint density at radius 3 is 2.55 bits per heavy atom. The molecule has 1 aromatic carbocycles. The zero-order chi connectivity index (χ0) is 14.6. The van der Waals surface area contributed by atoms with Gasteiger partial charge in [0.25, 0.3) is 0 Å². The van der Waals surface area contributed by atoms with Crippen LogP contribution < -0.4 is 10.1 Å². The summed E-state index contributed by atoms with van der Waals surface area (Å²) >= 11 is 0. The molecule has 0 spiro atoms. The average molecular weight is 275 g/mol. The molecule has 20 heavy (non-hydrogen) atoms. The fraction of sp³-hybridized carbons (Fsp3) is 0.588. The fourth-order valence-corrected chi connectivity index (χ4v) is 2.94. The number of benzene rings is 1. The summed E-state index contributed by atoms with van der Waals surface area (Å²) in [6.45, 7) is 7.94. The third-order valence-electron chi connectivity index (χ3n) is 4.21. The molecule has 0 aromatic heterocycles. The Bertz CT molecular complexity index is 462. The highest BCUT2D eigenvalue weighted by Crippen LogP contribution is 2.38. The highest BCUT2D eigenvalue weighted by molar-refractivity contribution is 6.02. The van der Waals surface area contributed by atoms with Crippen LogP contribution in [0, 0.1) is 5.41 Å². The highest BCUT2D eigenvalue weighted by atomic mass is 16.5. The van der Waals surface area contributed by atoms with E-state index in [1.54, 1.807) is 0 Å². The predicted octanol–water partition coefficient (Wildman–Crippen LogP) is 3.44. The highest BCUT2D eigenvalue weighted by Gasteiger charge is 2.39. The minimum Gasteiger partial charge on any atom is -0.490 e. The molecule has 0 amide bonds. The van der Waals surface area contributed by atoms with Gasteiger partial charge in [0, 0.05) is 5.41 Å². The van der Waals surface area contributed by atoms with Gasteiger partial charge in [-0.15, -0.1) is 0 Å². The Labute approximate surface area is 121 Å². The van der Waals surface area contributed by atoms with Gasteiger partial charge in [-0.2, -0.15) is 0 Å². The van der Waals surface area contributed by atoms with Crippen molar-refractivity contribution in [3.63, 3.8) is 0 Å². The SMILES string of the molecule is CCC1(C(=O)c2ccccc2OC(C)C)CCNCC1. The van der Waals surface area contributed by atoms with Crippen LogP contribution in [0.15, 0.2) is 24.3 Å². The molecule has 0 unspecified atom stereocenters. The smallest absolute Gasteiger partial charge is 0.172 e. The number of nitrogens with one attached hydrogen (secondary N) is 1. The summed E-state index contributed by atoms with van der Waals surface area (Å²) in [5.41, 5.74) is 0.520. The first-order valence-electron chi connectivity index (χ1n) is 7.60. The van der Waals surface area contributed by atoms with Crippen molar-refractivity contribution in [3.8, 4) is 5.75 Å². The number of ether oxygens (including phenoxy) is 1. The summed E-state index contributed by atoms with van der Waals surface area (Å²) in [5.74, 6) is 0.969. The van der Waals surface area contributed by atoms with Gasteiger partial charge in [-0.25, -0.2) is 0 Å². The number of carbonyl (C=O) groups excluding carboxylic acids is 1. The zero-order valence-electron chi connectivity index (χ0n) is 12.7. The second-order valence-electron chi connectivity index (χ2n) is 5.88. The minimum atomic E-state index is -0.221. The van der Waals surface area contributed by atoms with Gasteiger partial charge < -0.3 is 10.1 Å². The van der Waals surface area contributed by atoms with E-state index in [1.807, 2.05) is 38.1 Å². The van der Waals surface area contributed by atoms with Gasteiger partial charge in [-0.3, -0.25) is 4.79 Å². The maximum atomic E-state index is 13.0. The van der Waals surface area contributed by atoms with Gasteiger partial charge in [-0.1, -0.05) is 19.1 Å². The summed E-state index contributed by atoms with van der Waals surface area (Å²) in [6.07, 6.45) is 2.80. The van der Waals surface area contributed by atoms with Gasteiger partial charge in [0.1, 0.15) is 5.75 Å². The molecule has 0 bridgehead atoms. The number of hydrogen-bond donors (Lipinski definition) is 1. The van der Waals surface area contributed by atoms with Crippen molar-refractivity contribution in [2.45, 2.75) is 46.1 Å². The summed E-state index contributed by atoms with van der Waals surface area (Å²) in [5, 5.41) is 3.34. The topological polar surface area (TPSA) is 38.3 Å². The number of rotatable bonds is 5. The van der Waals surface area contributed by atoms with Crippen LogP contribution in [0.3, 0.4) is 0 Å². The Balaban J connectivity index is 2.32. The van der Waals surface area contributed by atoms with E-state index >= 15 is 0 Å². The lowest BCUT2D eigenvalue weighted by molar-refractivity contribution is 0.0711. The van der Waals surface area contributed by atoms with E-state index in [0.717, 1.165) is 43.7 Å². The Kier molecular flexibility index (Phi) is 4.81. The summed E-state index contributed by atoms with van der Waals surface area (Å²) < 4.78 is 5.81. The molecule has 2 rings (SSSR count). The van der Waals surface area contributed by atoms with Crippen LogP contribution >= 0.6 is 0 Å². The van der Waals surface area contributed by atoms with Gasteiger partial charge in [0.05, 0.1) is 11.7 Å². The molecule has 0 saturated carbocycles. The van der Waals surface area contributed by atoms with Crippen LogP contribution in [-0.2, 0) is 0 Å². The first kappa shape index (κ1) is 15.0. The van der Waals surface area contributed by atoms with Crippen LogP contribution in [0.2, 0.25) is 0 Å². The molecule has 110 valence electrons. The number of ketones is 1. The van der Waals surface area contributed by atoms with E-state index in [4.69, 9.17) is 4.74 Å². The summed E-state index contributed by atoms with van der Waals surface area (Å²) in [4.78, 5) is 13.0. The van der Waals surface area contributed by atoms with Crippen LogP contribution in [0.5, 0.6) is 5.75 Å². The van der Waals surface area contributed by atoms with E-state index in [-0.39, 0.29) is 17.3 Å². The lowest BCUT2D eigenvalue weighted by Gasteiger charge is -2.35. The molecule has 3 nitrogen and oxygen atoms in total.